The van der Waals surface area contributed by atoms with Gasteiger partial charge in [0.1, 0.15) is 18.5 Å². The number of aliphatic hydroxyl groups excluding tert-OH is 1. The lowest BCUT2D eigenvalue weighted by Crippen LogP contribution is -2.48. The lowest BCUT2D eigenvalue weighted by molar-refractivity contribution is 0.0208. The molecule has 0 aromatic heterocycles. The number of piperidine rings is 1. The summed E-state index contributed by atoms with van der Waals surface area (Å²) in [5.74, 6) is 0.776. The summed E-state index contributed by atoms with van der Waals surface area (Å²) in [6, 6.07) is 4.93. The molecule has 1 heterocycles. The Morgan fingerprint density at radius 3 is 2.32 bits per heavy atom. The highest BCUT2D eigenvalue weighted by Crippen LogP contribution is 2.26. The van der Waals surface area contributed by atoms with Crippen molar-refractivity contribution in [3.63, 3.8) is 0 Å². The van der Waals surface area contributed by atoms with Crippen molar-refractivity contribution in [1.29, 1.82) is 0 Å². The number of nitrogens with zero attached hydrogens (tertiary/aromatic N) is 1. The molecule has 1 aromatic rings. The molecule has 3 unspecified atom stereocenters. The average Bonchev–Trinajstić information content (AvgIpc) is 2.46. The smallest absolute Gasteiger partial charge is 0.120 e. The third-order valence-corrected chi connectivity index (χ3v) is 5.25. The first kappa shape index (κ1) is 17.6. The number of aliphatic hydroxyl groups is 1. The number of likely N-dealkylation sites (tertiary alicyclic amines) is 1. The van der Waals surface area contributed by atoms with E-state index in [1.807, 2.05) is 26.0 Å². The molecule has 1 aromatic carbocycles. The Morgan fingerprint density at radius 1 is 1.23 bits per heavy atom. The Morgan fingerprint density at radius 2 is 1.77 bits per heavy atom. The Bertz CT molecular complexity index is 473. The molecule has 0 amide bonds. The molecule has 124 valence electrons. The second-order valence-corrected chi connectivity index (χ2v) is 7.04. The van der Waals surface area contributed by atoms with Crippen molar-refractivity contribution in [2.75, 3.05) is 13.2 Å². The number of aryl methyl sites for hydroxylation is 2. The SMILES string of the molecule is Cc1cc(OCC(O)CN2C(C)CCCC2C)cc(C)c1Cl. The van der Waals surface area contributed by atoms with E-state index in [9.17, 15) is 5.11 Å². The van der Waals surface area contributed by atoms with Crippen molar-refractivity contribution < 1.29 is 9.84 Å². The largest absolute Gasteiger partial charge is 0.491 e. The molecule has 0 spiro atoms. The lowest BCUT2D eigenvalue weighted by Gasteiger charge is -2.40. The van der Waals surface area contributed by atoms with Crippen LogP contribution in [-0.2, 0) is 0 Å². The maximum Gasteiger partial charge on any atom is 0.120 e. The predicted octanol–water partition coefficient (Wildman–Crippen LogP) is 3.96. The maximum atomic E-state index is 10.3. The molecule has 4 heteroatoms. The number of hydrogen-bond acceptors (Lipinski definition) is 3. The van der Waals surface area contributed by atoms with E-state index in [1.54, 1.807) is 0 Å². The van der Waals surface area contributed by atoms with Crippen molar-refractivity contribution in [3.05, 3.63) is 28.3 Å². The van der Waals surface area contributed by atoms with Crippen molar-refractivity contribution in [2.24, 2.45) is 0 Å². The second kappa shape index (κ2) is 7.67. The van der Waals surface area contributed by atoms with Crippen LogP contribution in [0.1, 0.15) is 44.2 Å². The van der Waals surface area contributed by atoms with Crippen LogP contribution in [0.5, 0.6) is 5.75 Å². The van der Waals surface area contributed by atoms with E-state index in [4.69, 9.17) is 16.3 Å². The number of ether oxygens (including phenoxy) is 1. The number of benzene rings is 1. The van der Waals surface area contributed by atoms with Gasteiger partial charge >= 0.3 is 0 Å². The highest BCUT2D eigenvalue weighted by atomic mass is 35.5. The third-order valence-electron chi connectivity index (χ3n) is 4.65. The first-order chi connectivity index (χ1) is 10.4. The van der Waals surface area contributed by atoms with Crippen molar-refractivity contribution in [3.8, 4) is 5.75 Å². The van der Waals surface area contributed by atoms with Gasteiger partial charge in [0.05, 0.1) is 0 Å². The van der Waals surface area contributed by atoms with Crippen LogP contribution in [0.2, 0.25) is 5.02 Å². The summed E-state index contributed by atoms with van der Waals surface area (Å²) in [5, 5.41) is 11.1. The molecule has 0 aliphatic carbocycles. The minimum absolute atomic E-state index is 0.316. The topological polar surface area (TPSA) is 32.7 Å². The van der Waals surface area contributed by atoms with Crippen LogP contribution in [0.3, 0.4) is 0 Å². The summed E-state index contributed by atoms with van der Waals surface area (Å²) in [7, 11) is 0. The quantitative estimate of drug-likeness (QED) is 0.889. The molecule has 0 radical (unpaired) electrons. The summed E-state index contributed by atoms with van der Waals surface area (Å²) >= 11 is 6.16. The van der Waals surface area contributed by atoms with Gasteiger partial charge in [0.2, 0.25) is 0 Å². The predicted molar refractivity (Wildman–Crippen MR) is 91.9 cm³/mol. The van der Waals surface area contributed by atoms with E-state index < -0.39 is 6.10 Å². The number of rotatable bonds is 5. The zero-order chi connectivity index (χ0) is 16.3. The van der Waals surface area contributed by atoms with Gasteiger partial charge < -0.3 is 9.84 Å². The Labute approximate surface area is 139 Å². The van der Waals surface area contributed by atoms with Crippen LogP contribution in [0.25, 0.3) is 0 Å². The number of hydrogen-bond donors (Lipinski definition) is 1. The molecular formula is C18H28ClNO2. The zero-order valence-electron chi connectivity index (χ0n) is 14.1. The molecule has 3 atom stereocenters. The monoisotopic (exact) mass is 325 g/mol. The van der Waals surface area contributed by atoms with Gasteiger partial charge in [-0.25, -0.2) is 0 Å². The molecule has 1 aliphatic rings. The van der Waals surface area contributed by atoms with E-state index in [0.717, 1.165) is 21.9 Å². The van der Waals surface area contributed by atoms with E-state index in [2.05, 4.69) is 18.7 Å². The van der Waals surface area contributed by atoms with Crippen molar-refractivity contribution in [1.82, 2.24) is 4.90 Å². The Balaban J connectivity index is 1.88. The molecule has 1 fully saturated rings. The fourth-order valence-electron chi connectivity index (χ4n) is 3.31. The summed E-state index contributed by atoms with van der Waals surface area (Å²) in [5.41, 5.74) is 2.01. The van der Waals surface area contributed by atoms with E-state index in [1.165, 1.54) is 19.3 Å². The van der Waals surface area contributed by atoms with Crippen LogP contribution in [0.15, 0.2) is 12.1 Å². The summed E-state index contributed by atoms with van der Waals surface area (Å²) in [6.45, 7) is 9.42. The number of β-amino-alcohol motifs (C(OH)–C–C–N with tert-alkyl or cyclic N) is 1. The minimum atomic E-state index is -0.473. The van der Waals surface area contributed by atoms with Gasteiger partial charge in [0.25, 0.3) is 0 Å². The van der Waals surface area contributed by atoms with Crippen LogP contribution in [0.4, 0.5) is 0 Å². The van der Waals surface area contributed by atoms with Gasteiger partial charge in [-0.15, -0.1) is 0 Å². The molecular weight excluding hydrogens is 298 g/mol. The number of halogens is 1. The maximum absolute atomic E-state index is 10.3. The molecule has 0 bridgehead atoms. The standard InChI is InChI=1S/C18H28ClNO2/c1-12-8-17(9-13(2)18(12)19)22-11-16(21)10-20-14(3)6-5-7-15(20)4/h8-9,14-16,21H,5-7,10-11H2,1-4H3. The fourth-order valence-corrected chi connectivity index (χ4v) is 3.42. The summed E-state index contributed by atoms with van der Waals surface area (Å²) in [4.78, 5) is 2.40. The fraction of sp³-hybridized carbons (Fsp3) is 0.667. The molecule has 2 rings (SSSR count). The minimum Gasteiger partial charge on any atom is -0.491 e. The summed E-state index contributed by atoms with van der Waals surface area (Å²) in [6.07, 6.45) is 3.25. The Kier molecular flexibility index (Phi) is 6.13. The van der Waals surface area contributed by atoms with Gasteiger partial charge in [-0.1, -0.05) is 18.0 Å². The first-order valence-corrected chi connectivity index (χ1v) is 8.59. The van der Waals surface area contributed by atoms with Gasteiger partial charge in [-0.2, -0.15) is 0 Å². The molecule has 1 aliphatic heterocycles. The second-order valence-electron chi connectivity index (χ2n) is 6.66. The lowest BCUT2D eigenvalue weighted by atomic mass is 9.97. The van der Waals surface area contributed by atoms with E-state index >= 15 is 0 Å². The molecule has 1 N–H and O–H groups in total. The van der Waals surface area contributed by atoms with Crippen LogP contribution >= 0.6 is 11.6 Å². The third kappa shape index (κ3) is 4.37. The van der Waals surface area contributed by atoms with Gasteiger partial charge in [-0.3, -0.25) is 4.90 Å². The highest BCUT2D eigenvalue weighted by molar-refractivity contribution is 6.32. The first-order valence-electron chi connectivity index (χ1n) is 8.22. The van der Waals surface area contributed by atoms with E-state index in [-0.39, 0.29) is 0 Å². The normalized spacial score (nSPS) is 24.3. The molecule has 1 saturated heterocycles. The average molecular weight is 326 g/mol. The highest BCUT2D eigenvalue weighted by Gasteiger charge is 2.26. The van der Waals surface area contributed by atoms with Crippen molar-refractivity contribution in [2.45, 2.75) is 65.1 Å². The van der Waals surface area contributed by atoms with Crippen LogP contribution in [0, 0.1) is 13.8 Å². The molecule has 3 nitrogen and oxygen atoms in total. The van der Waals surface area contributed by atoms with Gasteiger partial charge in [0.15, 0.2) is 0 Å². The van der Waals surface area contributed by atoms with Gasteiger partial charge in [-0.05, 0) is 63.8 Å². The van der Waals surface area contributed by atoms with Gasteiger partial charge in [0, 0.05) is 23.7 Å². The van der Waals surface area contributed by atoms with E-state index in [0.29, 0.717) is 25.2 Å². The zero-order valence-corrected chi connectivity index (χ0v) is 14.9. The van der Waals surface area contributed by atoms with Crippen LogP contribution < -0.4 is 4.74 Å². The Hall–Kier alpha value is -0.770. The van der Waals surface area contributed by atoms with Crippen LogP contribution in [-0.4, -0.2) is 41.3 Å². The van der Waals surface area contributed by atoms with Crippen molar-refractivity contribution >= 4 is 11.6 Å². The molecule has 22 heavy (non-hydrogen) atoms. The molecule has 0 saturated carbocycles. The summed E-state index contributed by atoms with van der Waals surface area (Å²) < 4.78 is 5.76.